The van der Waals surface area contributed by atoms with E-state index in [0.717, 1.165) is 25.3 Å². The number of fused-ring (bicyclic) bond motifs is 1. The van der Waals surface area contributed by atoms with E-state index in [1.54, 1.807) is 0 Å². The molecule has 3 heteroatoms. The molecule has 0 spiro atoms. The van der Waals surface area contributed by atoms with Crippen LogP contribution in [-0.4, -0.2) is 37.7 Å². The zero-order chi connectivity index (χ0) is 15.2. The third-order valence-electron chi connectivity index (χ3n) is 4.51. The van der Waals surface area contributed by atoms with E-state index in [0.29, 0.717) is 6.54 Å². The molecule has 0 atom stereocenters. The van der Waals surface area contributed by atoms with Crippen LogP contribution in [0, 0.1) is 0 Å². The number of nitrogens with zero attached hydrogens (tertiary/aromatic N) is 1. The van der Waals surface area contributed by atoms with Crippen molar-refractivity contribution >= 4 is 10.8 Å². The molecular formula is C19H26N2O. The Balaban J connectivity index is 1.70. The Labute approximate surface area is 133 Å². The second-order valence-electron chi connectivity index (χ2n) is 6.05. The van der Waals surface area contributed by atoms with Crippen LogP contribution in [0.3, 0.4) is 0 Å². The summed E-state index contributed by atoms with van der Waals surface area (Å²) in [6.45, 7) is 4.87. The number of nitrogens with two attached hydrogens (primary N) is 1. The van der Waals surface area contributed by atoms with Gasteiger partial charge in [0.2, 0.25) is 0 Å². The van der Waals surface area contributed by atoms with Crippen LogP contribution in [0.5, 0.6) is 5.75 Å². The molecule has 2 N–H and O–H groups in total. The molecule has 2 aromatic rings. The van der Waals surface area contributed by atoms with Crippen LogP contribution >= 0.6 is 0 Å². The smallest absolute Gasteiger partial charge is 0.123 e. The Bertz CT molecular complexity index is 605. The highest BCUT2D eigenvalue weighted by molar-refractivity contribution is 5.87. The van der Waals surface area contributed by atoms with Crippen LogP contribution in [-0.2, 0) is 6.42 Å². The number of ether oxygens (including phenoxy) is 1. The van der Waals surface area contributed by atoms with E-state index in [9.17, 15) is 0 Å². The number of hydrogen-bond donors (Lipinski definition) is 1. The molecule has 1 heterocycles. The molecule has 0 radical (unpaired) electrons. The van der Waals surface area contributed by atoms with Gasteiger partial charge in [-0.2, -0.15) is 0 Å². The summed E-state index contributed by atoms with van der Waals surface area (Å²) in [7, 11) is 0. The minimum Gasteiger partial charge on any atom is -0.492 e. The maximum absolute atomic E-state index is 6.10. The highest BCUT2D eigenvalue weighted by atomic mass is 16.5. The number of benzene rings is 2. The maximum atomic E-state index is 6.10. The Morgan fingerprint density at radius 2 is 1.82 bits per heavy atom. The van der Waals surface area contributed by atoms with Gasteiger partial charge in [-0.25, -0.2) is 0 Å². The lowest BCUT2D eigenvalue weighted by molar-refractivity contribution is 0.183. The summed E-state index contributed by atoms with van der Waals surface area (Å²) in [5.74, 6) is 1.00. The summed E-state index contributed by atoms with van der Waals surface area (Å²) < 4.78 is 6.10. The molecule has 0 saturated carbocycles. The molecule has 2 aromatic carbocycles. The van der Waals surface area contributed by atoms with Crippen molar-refractivity contribution in [2.75, 3.05) is 32.8 Å². The SMILES string of the molecule is NCCc1c(OCCN2CCCCC2)ccc2ccccc12. The lowest BCUT2D eigenvalue weighted by atomic mass is 10.0. The molecule has 0 aliphatic carbocycles. The molecule has 1 aliphatic heterocycles. The van der Waals surface area contributed by atoms with Crippen LogP contribution < -0.4 is 10.5 Å². The molecule has 3 nitrogen and oxygen atoms in total. The molecule has 1 fully saturated rings. The van der Waals surface area contributed by atoms with Gasteiger partial charge in [0.25, 0.3) is 0 Å². The van der Waals surface area contributed by atoms with Gasteiger partial charge in [0.15, 0.2) is 0 Å². The highest BCUT2D eigenvalue weighted by Gasteiger charge is 2.11. The Kier molecular flexibility index (Phi) is 5.30. The number of likely N-dealkylation sites (tertiary alicyclic amines) is 1. The molecule has 3 rings (SSSR count). The quantitative estimate of drug-likeness (QED) is 0.890. The topological polar surface area (TPSA) is 38.5 Å². The van der Waals surface area contributed by atoms with Gasteiger partial charge in [0.05, 0.1) is 0 Å². The first-order valence-electron chi connectivity index (χ1n) is 8.44. The summed E-state index contributed by atoms with van der Waals surface area (Å²) in [5.41, 5.74) is 7.05. The van der Waals surface area contributed by atoms with Crippen LogP contribution in [0.1, 0.15) is 24.8 Å². The Morgan fingerprint density at radius 3 is 2.64 bits per heavy atom. The molecule has 0 aromatic heterocycles. The average Bonchev–Trinajstić information content (AvgIpc) is 2.58. The van der Waals surface area contributed by atoms with Crippen molar-refractivity contribution in [1.29, 1.82) is 0 Å². The fourth-order valence-corrected chi connectivity index (χ4v) is 3.32. The first-order chi connectivity index (χ1) is 10.9. The highest BCUT2D eigenvalue weighted by Crippen LogP contribution is 2.28. The second kappa shape index (κ2) is 7.61. The average molecular weight is 298 g/mol. The van der Waals surface area contributed by atoms with Crippen LogP contribution in [0.2, 0.25) is 0 Å². The minimum atomic E-state index is 0.649. The van der Waals surface area contributed by atoms with Gasteiger partial charge in [0.1, 0.15) is 12.4 Å². The van der Waals surface area contributed by atoms with Gasteiger partial charge in [-0.3, -0.25) is 4.90 Å². The van der Waals surface area contributed by atoms with E-state index in [2.05, 4.69) is 41.3 Å². The third-order valence-corrected chi connectivity index (χ3v) is 4.51. The summed E-state index contributed by atoms with van der Waals surface area (Å²) in [6.07, 6.45) is 4.89. The molecule has 1 aliphatic rings. The van der Waals surface area contributed by atoms with Crippen LogP contribution in [0.15, 0.2) is 36.4 Å². The van der Waals surface area contributed by atoms with E-state index in [4.69, 9.17) is 10.5 Å². The summed E-state index contributed by atoms with van der Waals surface area (Å²) in [5, 5.41) is 2.53. The van der Waals surface area contributed by atoms with E-state index in [-0.39, 0.29) is 0 Å². The van der Waals surface area contributed by atoms with Crippen molar-refractivity contribution in [2.45, 2.75) is 25.7 Å². The molecule has 118 valence electrons. The largest absolute Gasteiger partial charge is 0.492 e. The van der Waals surface area contributed by atoms with E-state index < -0.39 is 0 Å². The van der Waals surface area contributed by atoms with Crippen LogP contribution in [0.4, 0.5) is 0 Å². The fourth-order valence-electron chi connectivity index (χ4n) is 3.32. The Morgan fingerprint density at radius 1 is 1.00 bits per heavy atom. The third kappa shape index (κ3) is 3.60. The first-order valence-corrected chi connectivity index (χ1v) is 8.44. The van der Waals surface area contributed by atoms with Crippen molar-refractivity contribution in [3.63, 3.8) is 0 Å². The van der Waals surface area contributed by atoms with Gasteiger partial charge in [-0.15, -0.1) is 0 Å². The Hall–Kier alpha value is -1.58. The van der Waals surface area contributed by atoms with Gasteiger partial charge >= 0.3 is 0 Å². The zero-order valence-corrected chi connectivity index (χ0v) is 13.3. The zero-order valence-electron chi connectivity index (χ0n) is 13.3. The van der Waals surface area contributed by atoms with E-state index >= 15 is 0 Å². The number of hydrogen-bond acceptors (Lipinski definition) is 3. The molecule has 1 saturated heterocycles. The minimum absolute atomic E-state index is 0.649. The monoisotopic (exact) mass is 298 g/mol. The predicted octanol–water partition coefficient (Wildman–Crippen LogP) is 3.21. The molecule has 0 amide bonds. The summed E-state index contributed by atoms with van der Waals surface area (Å²) in [4.78, 5) is 2.51. The summed E-state index contributed by atoms with van der Waals surface area (Å²) >= 11 is 0. The lowest BCUT2D eigenvalue weighted by Gasteiger charge is -2.26. The number of rotatable bonds is 6. The molecule has 0 bridgehead atoms. The van der Waals surface area contributed by atoms with Gasteiger partial charge in [0, 0.05) is 12.1 Å². The maximum Gasteiger partial charge on any atom is 0.123 e. The normalized spacial score (nSPS) is 16.0. The lowest BCUT2D eigenvalue weighted by Crippen LogP contribution is -2.33. The van der Waals surface area contributed by atoms with Crippen molar-refractivity contribution in [2.24, 2.45) is 5.73 Å². The standard InChI is InChI=1S/C19H26N2O/c20-11-10-18-17-7-3-2-6-16(17)8-9-19(18)22-15-14-21-12-4-1-5-13-21/h2-3,6-9H,1,4-5,10-15,20H2. The predicted molar refractivity (Wildman–Crippen MR) is 92.5 cm³/mol. The second-order valence-corrected chi connectivity index (χ2v) is 6.05. The van der Waals surface area contributed by atoms with Crippen molar-refractivity contribution in [1.82, 2.24) is 4.90 Å². The van der Waals surface area contributed by atoms with E-state index in [1.165, 1.54) is 48.7 Å². The molecular weight excluding hydrogens is 272 g/mol. The summed E-state index contributed by atoms with van der Waals surface area (Å²) in [6, 6.07) is 12.7. The number of piperidine rings is 1. The first kappa shape index (κ1) is 15.3. The fraction of sp³-hybridized carbons (Fsp3) is 0.474. The molecule has 0 unspecified atom stereocenters. The van der Waals surface area contributed by atoms with Gasteiger partial charge in [-0.1, -0.05) is 36.8 Å². The van der Waals surface area contributed by atoms with Crippen LogP contribution in [0.25, 0.3) is 10.8 Å². The van der Waals surface area contributed by atoms with Crippen molar-refractivity contribution in [3.05, 3.63) is 42.0 Å². The van der Waals surface area contributed by atoms with Crippen molar-refractivity contribution < 1.29 is 4.74 Å². The van der Waals surface area contributed by atoms with Crippen molar-refractivity contribution in [3.8, 4) is 5.75 Å². The molecule has 22 heavy (non-hydrogen) atoms. The van der Waals surface area contributed by atoms with E-state index in [1.807, 2.05) is 0 Å². The van der Waals surface area contributed by atoms with Gasteiger partial charge in [-0.05, 0) is 55.7 Å². The van der Waals surface area contributed by atoms with Gasteiger partial charge < -0.3 is 10.5 Å².